The summed E-state index contributed by atoms with van der Waals surface area (Å²) >= 11 is 0. The largest absolute Gasteiger partial charge is 0.477 e. The molecule has 1 fully saturated rings. The Morgan fingerprint density at radius 3 is 2.74 bits per heavy atom. The third kappa shape index (κ3) is 3.01. The molecule has 5 rings (SSSR count). The van der Waals surface area contributed by atoms with Gasteiger partial charge in [-0.1, -0.05) is 12.1 Å². The van der Waals surface area contributed by atoms with Crippen LogP contribution in [0.5, 0.6) is 0 Å². The second kappa shape index (κ2) is 6.69. The van der Waals surface area contributed by atoms with E-state index in [0.717, 1.165) is 18.9 Å². The van der Waals surface area contributed by atoms with E-state index in [1.807, 2.05) is 0 Å². The van der Waals surface area contributed by atoms with E-state index >= 15 is 0 Å². The van der Waals surface area contributed by atoms with Crippen molar-refractivity contribution in [2.45, 2.75) is 18.9 Å². The Hall–Kier alpha value is -4.15. The monoisotopic (exact) mass is 423 g/mol. The molecule has 0 unspecified atom stereocenters. The van der Waals surface area contributed by atoms with Gasteiger partial charge in [-0.05, 0) is 18.9 Å². The number of nitrogens with zero attached hydrogens (tertiary/aromatic N) is 5. The van der Waals surface area contributed by atoms with Gasteiger partial charge in [0.2, 0.25) is 5.43 Å². The fourth-order valence-electron chi connectivity index (χ4n) is 3.75. The Balaban J connectivity index is 1.67. The fraction of sp³-hybridized carbons (Fsp3) is 0.200. The minimum absolute atomic E-state index is 0.00678. The van der Waals surface area contributed by atoms with Crippen molar-refractivity contribution in [3.63, 3.8) is 0 Å². The highest BCUT2D eigenvalue weighted by Gasteiger charge is 2.37. The van der Waals surface area contributed by atoms with Gasteiger partial charge in [-0.15, -0.1) is 5.10 Å². The molecule has 2 aromatic rings. The number of benzene rings is 1. The second-order valence-electron chi connectivity index (χ2n) is 7.41. The van der Waals surface area contributed by atoms with Crippen molar-refractivity contribution in [1.82, 2.24) is 4.57 Å². The number of nitro groups is 1. The van der Waals surface area contributed by atoms with Crippen LogP contribution < -0.4 is 10.3 Å². The zero-order valence-electron chi connectivity index (χ0n) is 15.9. The molecule has 0 amide bonds. The van der Waals surface area contributed by atoms with Gasteiger partial charge in [0, 0.05) is 29.9 Å². The normalized spacial score (nSPS) is 17.2. The summed E-state index contributed by atoms with van der Waals surface area (Å²) in [4.78, 5) is 36.4. The Morgan fingerprint density at radius 2 is 2.06 bits per heavy atom. The molecular weight excluding hydrogens is 409 g/mol. The van der Waals surface area contributed by atoms with E-state index in [9.17, 15) is 29.2 Å². The summed E-state index contributed by atoms with van der Waals surface area (Å²) in [6.45, 7) is 0.00678. The van der Waals surface area contributed by atoms with E-state index in [1.54, 1.807) is 10.6 Å². The maximum atomic E-state index is 14.8. The van der Waals surface area contributed by atoms with Gasteiger partial charge >= 0.3 is 5.97 Å². The van der Waals surface area contributed by atoms with Gasteiger partial charge in [0.25, 0.3) is 5.69 Å². The molecule has 3 heterocycles. The number of aromatic carboxylic acids is 1. The van der Waals surface area contributed by atoms with E-state index in [-0.39, 0.29) is 29.7 Å². The molecule has 0 saturated heterocycles. The number of carbonyl (C=O) groups is 1. The van der Waals surface area contributed by atoms with Gasteiger partial charge in [-0.25, -0.2) is 9.18 Å². The molecular formula is C20H14FN5O5. The van der Waals surface area contributed by atoms with Crippen LogP contribution in [0, 0.1) is 10.1 Å². The number of amidine groups is 1. The first-order valence-electron chi connectivity index (χ1n) is 9.42. The molecule has 156 valence electrons. The number of anilines is 1. The Morgan fingerprint density at radius 1 is 1.29 bits per heavy atom. The molecule has 0 bridgehead atoms. The van der Waals surface area contributed by atoms with Crippen LogP contribution in [0.25, 0.3) is 6.08 Å². The third-order valence-electron chi connectivity index (χ3n) is 5.37. The number of pyridine rings is 1. The minimum atomic E-state index is -1.38. The van der Waals surface area contributed by atoms with Crippen molar-refractivity contribution in [1.29, 1.82) is 0 Å². The Bertz CT molecular complexity index is 1320. The van der Waals surface area contributed by atoms with Crippen LogP contribution in [0.1, 0.15) is 40.4 Å². The predicted molar refractivity (Wildman–Crippen MR) is 109 cm³/mol. The van der Waals surface area contributed by atoms with Gasteiger partial charge in [-0.2, -0.15) is 5.10 Å². The lowest BCUT2D eigenvalue weighted by atomic mass is 10.0. The van der Waals surface area contributed by atoms with Crippen LogP contribution in [-0.2, 0) is 0 Å². The van der Waals surface area contributed by atoms with E-state index < -0.39 is 27.7 Å². The molecule has 1 saturated carbocycles. The summed E-state index contributed by atoms with van der Waals surface area (Å²) in [5.74, 6) is -1.95. The molecule has 10 nitrogen and oxygen atoms in total. The smallest absolute Gasteiger partial charge is 0.341 e. The molecule has 11 heteroatoms. The molecule has 1 aromatic heterocycles. The number of carboxylic acid groups (broad SMARTS) is 1. The van der Waals surface area contributed by atoms with E-state index in [4.69, 9.17) is 0 Å². The lowest BCUT2D eigenvalue weighted by Crippen LogP contribution is -2.44. The third-order valence-corrected chi connectivity index (χ3v) is 5.37. The first-order chi connectivity index (χ1) is 14.8. The molecule has 1 aliphatic carbocycles. The van der Waals surface area contributed by atoms with E-state index in [2.05, 4.69) is 10.2 Å². The summed E-state index contributed by atoms with van der Waals surface area (Å²) in [6, 6.07) is 5.82. The maximum absolute atomic E-state index is 14.8. The average molecular weight is 423 g/mol. The number of carboxylic acids is 1. The second-order valence-corrected chi connectivity index (χ2v) is 7.41. The summed E-state index contributed by atoms with van der Waals surface area (Å²) in [7, 11) is 0. The Labute approximate surface area is 173 Å². The van der Waals surface area contributed by atoms with Gasteiger partial charge < -0.3 is 14.6 Å². The van der Waals surface area contributed by atoms with Gasteiger partial charge in [0.05, 0.1) is 22.7 Å². The van der Waals surface area contributed by atoms with Crippen molar-refractivity contribution in [2.75, 3.05) is 11.4 Å². The van der Waals surface area contributed by atoms with Crippen LogP contribution in [0.4, 0.5) is 15.9 Å². The molecule has 0 spiro atoms. The number of aromatic nitrogens is 1. The van der Waals surface area contributed by atoms with Crippen LogP contribution >= 0.6 is 0 Å². The van der Waals surface area contributed by atoms with Gasteiger partial charge in [0.1, 0.15) is 11.4 Å². The Kier molecular flexibility index (Phi) is 4.07. The first kappa shape index (κ1) is 18.9. The number of hydrogen-bond acceptors (Lipinski definition) is 7. The number of halogens is 1. The highest BCUT2D eigenvalue weighted by molar-refractivity contribution is 6.20. The van der Waals surface area contributed by atoms with Gasteiger partial charge in [-0.3, -0.25) is 14.9 Å². The fourth-order valence-corrected chi connectivity index (χ4v) is 3.75. The van der Waals surface area contributed by atoms with Crippen LogP contribution in [-0.4, -0.2) is 38.7 Å². The zero-order valence-corrected chi connectivity index (χ0v) is 15.9. The highest BCUT2D eigenvalue weighted by atomic mass is 19.1. The topological polar surface area (TPSA) is 130 Å². The highest BCUT2D eigenvalue weighted by Crippen LogP contribution is 2.41. The van der Waals surface area contributed by atoms with Crippen molar-refractivity contribution < 1.29 is 19.2 Å². The van der Waals surface area contributed by atoms with Crippen LogP contribution in [0.15, 0.2) is 51.3 Å². The van der Waals surface area contributed by atoms with Crippen molar-refractivity contribution in [3.05, 3.63) is 73.3 Å². The molecule has 31 heavy (non-hydrogen) atoms. The molecule has 1 aromatic carbocycles. The number of hydrogen-bond donors (Lipinski definition) is 1. The molecule has 3 aliphatic rings. The molecule has 2 aliphatic heterocycles. The average Bonchev–Trinajstić information content (AvgIpc) is 3.59. The summed E-state index contributed by atoms with van der Waals surface area (Å²) in [5.41, 5.74) is -0.612. The SMILES string of the molecule is O=C(O)c1cn(C2CC2)c2c(c1=O)C=C(F)C1=NN=C(c3cccc([N+](=O)[O-])c3)CN12. The van der Waals surface area contributed by atoms with Crippen molar-refractivity contribution in [3.8, 4) is 0 Å². The van der Waals surface area contributed by atoms with E-state index in [0.29, 0.717) is 17.1 Å². The number of fused-ring (bicyclic) bond motifs is 3. The van der Waals surface area contributed by atoms with Crippen molar-refractivity contribution >= 4 is 35.1 Å². The lowest BCUT2D eigenvalue weighted by Gasteiger charge is -2.34. The summed E-state index contributed by atoms with van der Waals surface area (Å²) in [5, 5.41) is 28.5. The zero-order chi connectivity index (χ0) is 21.9. The first-order valence-corrected chi connectivity index (χ1v) is 9.42. The van der Waals surface area contributed by atoms with Crippen LogP contribution in [0.3, 0.4) is 0 Å². The standard InChI is InChI=1S/C20H14FN5O5/c21-15-7-13-17(27)14(20(28)29)8-24(11-4-5-11)19(13)25-9-16(22-23-18(15)25)10-2-1-3-12(6-10)26(30)31/h1-3,6-8,11H,4-5,9H2,(H,28,29). The number of non-ortho nitro benzene ring substituents is 1. The van der Waals surface area contributed by atoms with Crippen LogP contribution in [0.2, 0.25) is 0 Å². The molecule has 0 radical (unpaired) electrons. The van der Waals surface area contributed by atoms with Crippen molar-refractivity contribution in [2.24, 2.45) is 10.2 Å². The maximum Gasteiger partial charge on any atom is 0.341 e. The molecule has 0 atom stereocenters. The number of rotatable bonds is 4. The quantitative estimate of drug-likeness (QED) is 0.594. The van der Waals surface area contributed by atoms with E-state index in [1.165, 1.54) is 29.3 Å². The minimum Gasteiger partial charge on any atom is -0.477 e. The summed E-state index contributed by atoms with van der Waals surface area (Å²) < 4.78 is 16.5. The van der Waals surface area contributed by atoms with Gasteiger partial charge in [0.15, 0.2) is 11.7 Å². The molecule has 1 N–H and O–H groups in total. The summed E-state index contributed by atoms with van der Waals surface area (Å²) in [6.07, 6.45) is 3.88. The predicted octanol–water partition coefficient (Wildman–Crippen LogP) is 2.74. The number of nitro benzene ring substituents is 1. The lowest BCUT2D eigenvalue weighted by molar-refractivity contribution is -0.384.